The minimum atomic E-state index is -0.885. The summed E-state index contributed by atoms with van der Waals surface area (Å²) in [5.74, 6) is 4.64. The molecule has 30 heavy (non-hydrogen) atoms. The summed E-state index contributed by atoms with van der Waals surface area (Å²) in [4.78, 5) is 0. The first kappa shape index (κ1) is 26.6. The highest BCUT2D eigenvalue weighted by molar-refractivity contribution is 8.35. The van der Waals surface area contributed by atoms with Crippen molar-refractivity contribution in [1.29, 1.82) is 0 Å². The van der Waals surface area contributed by atoms with E-state index in [0.29, 0.717) is 57.7 Å². The molecule has 0 bridgehead atoms. The average Bonchev–Trinajstić information content (AvgIpc) is 2.71. The molecule has 0 saturated heterocycles. The van der Waals surface area contributed by atoms with E-state index >= 15 is 0 Å². The van der Waals surface area contributed by atoms with E-state index < -0.39 is 10.0 Å². The molecule has 5 nitrogen and oxygen atoms in total. The lowest BCUT2D eigenvalue weighted by Gasteiger charge is -2.15. The highest BCUT2D eigenvalue weighted by Gasteiger charge is 2.07. The summed E-state index contributed by atoms with van der Waals surface area (Å²) in [5.41, 5.74) is 0.927. The molecule has 172 valence electrons. The first-order valence-electron chi connectivity index (χ1n) is 10.8. The van der Waals surface area contributed by atoms with Gasteiger partial charge in [0, 0.05) is 18.8 Å². The topological polar surface area (TPSA) is 46.2 Å². The second-order valence-electron chi connectivity index (χ2n) is 7.55. The lowest BCUT2D eigenvalue weighted by molar-refractivity contribution is 0.0398. The quantitative estimate of drug-likeness (QED) is 0.275. The molecule has 0 amide bonds. The fourth-order valence-corrected chi connectivity index (χ4v) is 2.80. The van der Waals surface area contributed by atoms with E-state index in [1.54, 1.807) is 0 Å². The first-order chi connectivity index (χ1) is 14.5. The third-order valence-electron chi connectivity index (χ3n) is 3.88. The molecule has 0 spiro atoms. The van der Waals surface area contributed by atoms with Crippen molar-refractivity contribution in [2.75, 3.05) is 71.6 Å². The van der Waals surface area contributed by atoms with Gasteiger partial charge in [-0.15, -0.1) is 0 Å². The first-order valence-corrected chi connectivity index (χ1v) is 13.7. The Labute approximate surface area is 185 Å². The third-order valence-corrected chi connectivity index (χ3v) is 4.60. The summed E-state index contributed by atoms with van der Waals surface area (Å²) < 4.78 is 28.2. The standard InChI is InChI=1S/C24H40O5S/c1-6-8-9-13-26-16-19-29-24-21-22(12-20-30(3,4)5)10-11-23(24)28-18-17-27-15-14-25-7-2/h10-11,21H,6-9,13-19H2,1-5H3. The zero-order valence-electron chi connectivity index (χ0n) is 19.5. The Bertz CT molecular complexity index is 631. The normalized spacial score (nSPS) is 11.6. The highest BCUT2D eigenvalue weighted by atomic mass is 32.3. The van der Waals surface area contributed by atoms with Crippen molar-refractivity contribution in [3.63, 3.8) is 0 Å². The smallest absolute Gasteiger partial charge is 0.162 e. The minimum Gasteiger partial charge on any atom is -0.487 e. The van der Waals surface area contributed by atoms with Crippen LogP contribution in [0.5, 0.6) is 11.5 Å². The van der Waals surface area contributed by atoms with Crippen LogP contribution in [0.3, 0.4) is 0 Å². The van der Waals surface area contributed by atoms with Crippen molar-refractivity contribution in [3.8, 4) is 22.7 Å². The van der Waals surface area contributed by atoms with Gasteiger partial charge < -0.3 is 23.7 Å². The van der Waals surface area contributed by atoms with Crippen molar-refractivity contribution in [2.45, 2.75) is 33.1 Å². The van der Waals surface area contributed by atoms with Gasteiger partial charge in [-0.05, 0) is 55.6 Å². The molecular weight excluding hydrogens is 400 g/mol. The molecule has 1 rings (SSSR count). The minimum absolute atomic E-state index is 0.452. The van der Waals surface area contributed by atoms with E-state index in [9.17, 15) is 0 Å². The Hall–Kier alpha value is -1.39. The van der Waals surface area contributed by atoms with Gasteiger partial charge in [-0.2, -0.15) is 10.0 Å². The molecule has 0 atom stereocenters. The molecule has 0 aliphatic carbocycles. The lowest BCUT2D eigenvalue weighted by atomic mass is 10.2. The molecule has 0 unspecified atom stereocenters. The number of rotatable bonds is 16. The van der Waals surface area contributed by atoms with Crippen molar-refractivity contribution in [3.05, 3.63) is 23.8 Å². The van der Waals surface area contributed by atoms with Gasteiger partial charge in [-0.25, -0.2) is 0 Å². The zero-order valence-corrected chi connectivity index (χ0v) is 20.3. The summed E-state index contributed by atoms with van der Waals surface area (Å²) >= 11 is 0. The average molecular weight is 441 g/mol. The largest absolute Gasteiger partial charge is 0.487 e. The third kappa shape index (κ3) is 13.8. The summed E-state index contributed by atoms with van der Waals surface area (Å²) in [5, 5.41) is 3.34. The van der Waals surface area contributed by atoms with Crippen molar-refractivity contribution < 1.29 is 23.7 Å². The monoisotopic (exact) mass is 440 g/mol. The number of benzene rings is 1. The van der Waals surface area contributed by atoms with Gasteiger partial charge >= 0.3 is 0 Å². The van der Waals surface area contributed by atoms with E-state index in [1.165, 1.54) is 12.8 Å². The molecule has 0 fully saturated rings. The molecular formula is C24H40O5S. The molecule has 6 heteroatoms. The van der Waals surface area contributed by atoms with Gasteiger partial charge in [0.25, 0.3) is 0 Å². The maximum absolute atomic E-state index is 5.95. The molecule has 0 aliphatic rings. The summed E-state index contributed by atoms with van der Waals surface area (Å²) in [7, 11) is -0.885. The molecule has 0 aliphatic heterocycles. The van der Waals surface area contributed by atoms with Crippen molar-refractivity contribution in [2.24, 2.45) is 0 Å². The Morgan fingerprint density at radius 1 is 0.733 bits per heavy atom. The Morgan fingerprint density at radius 2 is 1.37 bits per heavy atom. The Balaban J connectivity index is 2.59. The fourth-order valence-electron chi connectivity index (χ4n) is 2.37. The Morgan fingerprint density at radius 3 is 2.03 bits per heavy atom. The fraction of sp³-hybridized carbons (Fsp3) is 0.667. The van der Waals surface area contributed by atoms with Crippen molar-refractivity contribution in [1.82, 2.24) is 0 Å². The zero-order chi connectivity index (χ0) is 22.1. The van der Waals surface area contributed by atoms with E-state index in [1.807, 2.05) is 25.1 Å². The van der Waals surface area contributed by atoms with Crippen LogP contribution in [-0.2, 0) is 14.2 Å². The van der Waals surface area contributed by atoms with E-state index in [-0.39, 0.29) is 0 Å². The van der Waals surface area contributed by atoms with E-state index in [4.69, 9.17) is 23.7 Å². The molecule has 0 saturated carbocycles. The van der Waals surface area contributed by atoms with Crippen LogP contribution in [0.15, 0.2) is 18.2 Å². The summed E-state index contributed by atoms with van der Waals surface area (Å²) in [6.07, 6.45) is 10.0. The number of ether oxygens (including phenoxy) is 5. The van der Waals surface area contributed by atoms with Crippen LogP contribution in [0.4, 0.5) is 0 Å². The van der Waals surface area contributed by atoms with Crippen LogP contribution in [0, 0.1) is 11.2 Å². The van der Waals surface area contributed by atoms with Gasteiger partial charge in [0.05, 0.1) is 26.4 Å². The number of unbranched alkanes of at least 4 members (excludes halogenated alkanes) is 2. The molecule has 0 radical (unpaired) electrons. The van der Waals surface area contributed by atoms with Crippen molar-refractivity contribution >= 4 is 10.0 Å². The summed E-state index contributed by atoms with van der Waals surface area (Å²) in [6, 6.07) is 5.83. The van der Waals surface area contributed by atoms with Crippen LogP contribution in [0.2, 0.25) is 0 Å². The second-order valence-corrected chi connectivity index (χ2v) is 11.4. The van der Waals surface area contributed by atoms with Crippen LogP contribution >= 0.6 is 10.0 Å². The van der Waals surface area contributed by atoms with Crippen LogP contribution in [-0.4, -0.2) is 71.6 Å². The molecule has 0 heterocycles. The lowest BCUT2D eigenvalue weighted by Crippen LogP contribution is -2.12. The SMILES string of the molecule is CCCCCOCCOc1cc(C#CS(C)(C)C)ccc1OCCOCCOCC. The second kappa shape index (κ2) is 16.3. The number of hydrogen-bond acceptors (Lipinski definition) is 5. The van der Waals surface area contributed by atoms with Gasteiger partial charge in [0.1, 0.15) is 13.2 Å². The van der Waals surface area contributed by atoms with Gasteiger partial charge in [0.2, 0.25) is 0 Å². The van der Waals surface area contributed by atoms with Gasteiger partial charge in [-0.1, -0.05) is 25.7 Å². The molecule has 0 N–H and O–H groups in total. The van der Waals surface area contributed by atoms with E-state index in [0.717, 1.165) is 18.6 Å². The van der Waals surface area contributed by atoms with Crippen LogP contribution in [0.1, 0.15) is 38.7 Å². The predicted molar refractivity (Wildman–Crippen MR) is 127 cm³/mol. The highest BCUT2D eigenvalue weighted by Crippen LogP contribution is 2.33. The molecule has 0 aromatic heterocycles. The molecule has 1 aromatic rings. The number of hydrogen-bond donors (Lipinski definition) is 0. The van der Waals surface area contributed by atoms with Crippen LogP contribution in [0.25, 0.3) is 0 Å². The van der Waals surface area contributed by atoms with E-state index in [2.05, 4.69) is 36.9 Å². The maximum Gasteiger partial charge on any atom is 0.162 e. The predicted octanol–water partition coefficient (Wildman–Crippen LogP) is 4.71. The summed E-state index contributed by atoms with van der Waals surface area (Å²) in [6.45, 7) is 8.80. The molecule has 1 aromatic carbocycles. The van der Waals surface area contributed by atoms with Crippen LogP contribution < -0.4 is 9.47 Å². The van der Waals surface area contributed by atoms with Gasteiger partial charge in [0.15, 0.2) is 11.5 Å². The van der Waals surface area contributed by atoms with Gasteiger partial charge in [-0.3, -0.25) is 0 Å². The maximum atomic E-state index is 5.95. The Kier molecular flexibility index (Phi) is 14.5.